The van der Waals surface area contributed by atoms with Crippen LogP contribution in [-0.4, -0.2) is 34.5 Å². The standard InChI is InChI=1S/C30H24N4O4/c35-27-7-3-1-5-25(27)19-31-33-29(37)23-15-11-21(12-16-23)9-10-22-13-17-24(18-14-22)30(38)34-32-20-26-6-2-4-8-28(26)36/h1-20,35-36H,(H,33,37)(H,34,38)/b10-9+,31-19+,32-20+. The van der Waals surface area contributed by atoms with Gasteiger partial charge in [-0.2, -0.15) is 10.2 Å². The number of para-hydroxylation sites is 2. The Morgan fingerprint density at radius 3 is 1.29 bits per heavy atom. The first-order valence-electron chi connectivity index (χ1n) is 11.6. The van der Waals surface area contributed by atoms with Crippen LogP contribution in [0.1, 0.15) is 43.0 Å². The van der Waals surface area contributed by atoms with E-state index in [1.807, 2.05) is 36.4 Å². The summed E-state index contributed by atoms with van der Waals surface area (Å²) in [6.07, 6.45) is 6.54. The Hall–Kier alpha value is -5.50. The van der Waals surface area contributed by atoms with Crippen LogP contribution < -0.4 is 10.9 Å². The van der Waals surface area contributed by atoms with Gasteiger partial charge in [-0.25, -0.2) is 10.9 Å². The van der Waals surface area contributed by atoms with E-state index < -0.39 is 0 Å². The second kappa shape index (κ2) is 12.5. The first-order valence-corrected chi connectivity index (χ1v) is 11.6. The fourth-order valence-electron chi connectivity index (χ4n) is 3.33. The fraction of sp³-hybridized carbons (Fsp3) is 0. The Morgan fingerprint density at radius 1 is 0.553 bits per heavy atom. The van der Waals surface area contributed by atoms with Gasteiger partial charge >= 0.3 is 0 Å². The quantitative estimate of drug-likeness (QED) is 0.156. The van der Waals surface area contributed by atoms with Gasteiger partial charge in [-0.05, 0) is 59.7 Å². The molecule has 4 rings (SSSR count). The first kappa shape index (κ1) is 25.6. The van der Waals surface area contributed by atoms with Crippen molar-refractivity contribution >= 4 is 36.4 Å². The lowest BCUT2D eigenvalue weighted by Gasteiger charge is -2.02. The van der Waals surface area contributed by atoms with Crippen LogP contribution in [0.15, 0.2) is 107 Å². The maximum atomic E-state index is 12.3. The summed E-state index contributed by atoms with van der Waals surface area (Å²) in [5.41, 5.74) is 8.54. The first-order chi connectivity index (χ1) is 18.5. The largest absolute Gasteiger partial charge is 0.507 e. The summed E-state index contributed by atoms with van der Waals surface area (Å²) < 4.78 is 0. The van der Waals surface area contributed by atoms with Gasteiger partial charge in [0.1, 0.15) is 11.5 Å². The molecule has 0 bridgehead atoms. The predicted octanol–water partition coefficient (Wildman–Crippen LogP) is 4.80. The molecular weight excluding hydrogens is 480 g/mol. The minimum Gasteiger partial charge on any atom is -0.507 e. The average molecular weight is 505 g/mol. The normalized spacial score (nSPS) is 11.3. The number of benzene rings is 4. The summed E-state index contributed by atoms with van der Waals surface area (Å²) >= 11 is 0. The smallest absolute Gasteiger partial charge is 0.271 e. The summed E-state index contributed by atoms with van der Waals surface area (Å²) in [7, 11) is 0. The third-order valence-electron chi connectivity index (χ3n) is 5.43. The molecule has 2 amide bonds. The maximum absolute atomic E-state index is 12.3. The SMILES string of the molecule is O=C(N/N=C/c1ccccc1O)c1ccc(/C=C/c2ccc(C(=O)N/N=C/c3ccccc3O)cc2)cc1. The van der Waals surface area contributed by atoms with E-state index in [0.717, 1.165) is 11.1 Å². The van der Waals surface area contributed by atoms with E-state index in [0.29, 0.717) is 22.3 Å². The van der Waals surface area contributed by atoms with Gasteiger partial charge in [-0.3, -0.25) is 9.59 Å². The molecule has 8 heteroatoms. The fourth-order valence-corrected chi connectivity index (χ4v) is 3.33. The summed E-state index contributed by atoms with van der Waals surface area (Å²) in [5.74, 6) is -0.583. The van der Waals surface area contributed by atoms with Gasteiger partial charge in [-0.1, -0.05) is 60.7 Å². The summed E-state index contributed by atoms with van der Waals surface area (Å²) in [4.78, 5) is 24.6. The van der Waals surface area contributed by atoms with Gasteiger partial charge in [0.15, 0.2) is 0 Å². The molecular formula is C30H24N4O4. The molecule has 0 aliphatic carbocycles. The molecule has 0 unspecified atom stereocenters. The molecule has 0 radical (unpaired) electrons. The zero-order valence-corrected chi connectivity index (χ0v) is 20.2. The molecule has 0 spiro atoms. The number of hydrogen-bond acceptors (Lipinski definition) is 6. The Morgan fingerprint density at radius 2 is 0.921 bits per heavy atom. The highest BCUT2D eigenvalue weighted by molar-refractivity contribution is 5.96. The monoisotopic (exact) mass is 504 g/mol. The third-order valence-corrected chi connectivity index (χ3v) is 5.43. The van der Waals surface area contributed by atoms with E-state index in [1.54, 1.807) is 60.7 Å². The molecule has 0 saturated heterocycles. The van der Waals surface area contributed by atoms with Crippen LogP contribution in [0.5, 0.6) is 11.5 Å². The highest BCUT2D eigenvalue weighted by Crippen LogP contribution is 2.14. The van der Waals surface area contributed by atoms with Crippen LogP contribution in [-0.2, 0) is 0 Å². The number of carbonyl (C=O) groups excluding carboxylic acids is 2. The van der Waals surface area contributed by atoms with Crippen molar-refractivity contribution in [1.82, 2.24) is 10.9 Å². The van der Waals surface area contributed by atoms with Gasteiger partial charge in [-0.15, -0.1) is 0 Å². The summed E-state index contributed by atoms with van der Waals surface area (Å²) in [6, 6.07) is 27.4. The number of nitrogens with zero attached hydrogens (tertiary/aromatic N) is 2. The molecule has 38 heavy (non-hydrogen) atoms. The van der Waals surface area contributed by atoms with Crippen molar-refractivity contribution in [3.05, 3.63) is 130 Å². The van der Waals surface area contributed by atoms with E-state index in [-0.39, 0.29) is 23.3 Å². The van der Waals surface area contributed by atoms with Gasteiger partial charge in [0.05, 0.1) is 12.4 Å². The Balaban J connectivity index is 1.29. The van der Waals surface area contributed by atoms with Crippen molar-refractivity contribution in [3.8, 4) is 11.5 Å². The third kappa shape index (κ3) is 7.02. The number of nitrogens with one attached hydrogen (secondary N) is 2. The Bertz CT molecular complexity index is 1390. The molecule has 8 nitrogen and oxygen atoms in total. The number of phenols is 2. The van der Waals surface area contributed by atoms with E-state index in [2.05, 4.69) is 21.1 Å². The minimum absolute atomic E-state index is 0.0782. The summed E-state index contributed by atoms with van der Waals surface area (Å²) in [5, 5.41) is 27.2. The van der Waals surface area contributed by atoms with Crippen molar-refractivity contribution in [2.24, 2.45) is 10.2 Å². The van der Waals surface area contributed by atoms with Crippen LogP contribution in [0.25, 0.3) is 12.2 Å². The molecule has 0 aliphatic heterocycles. The lowest BCUT2D eigenvalue weighted by molar-refractivity contribution is 0.0947. The number of hydrogen-bond donors (Lipinski definition) is 4. The van der Waals surface area contributed by atoms with Crippen LogP contribution >= 0.6 is 0 Å². The molecule has 4 aromatic rings. The molecule has 0 fully saturated rings. The number of amides is 2. The highest BCUT2D eigenvalue weighted by atomic mass is 16.3. The average Bonchev–Trinajstić information content (AvgIpc) is 2.94. The topological polar surface area (TPSA) is 123 Å². The van der Waals surface area contributed by atoms with Crippen molar-refractivity contribution < 1.29 is 19.8 Å². The molecule has 4 N–H and O–H groups in total. The number of aromatic hydroxyl groups is 2. The molecule has 0 aliphatic rings. The second-order valence-corrected chi connectivity index (χ2v) is 8.09. The molecule has 0 heterocycles. The van der Waals surface area contributed by atoms with Gasteiger partial charge in [0, 0.05) is 22.3 Å². The van der Waals surface area contributed by atoms with Crippen molar-refractivity contribution in [2.45, 2.75) is 0 Å². The van der Waals surface area contributed by atoms with Crippen molar-refractivity contribution in [2.75, 3.05) is 0 Å². The molecule has 0 aromatic heterocycles. The van der Waals surface area contributed by atoms with Crippen molar-refractivity contribution in [1.29, 1.82) is 0 Å². The molecule has 0 saturated carbocycles. The lowest BCUT2D eigenvalue weighted by atomic mass is 10.1. The number of carbonyl (C=O) groups is 2. The number of phenolic OH excluding ortho intramolecular Hbond substituents is 2. The molecule has 0 atom stereocenters. The second-order valence-electron chi connectivity index (χ2n) is 8.09. The maximum Gasteiger partial charge on any atom is 0.271 e. The number of hydrazone groups is 2. The Kier molecular flexibility index (Phi) is 8.39. The van der Waals surface area contributed by atoms with Crippen LogP contribution in [0.2, 0.25) is 0 Å². The van der Waals surface area contributed by atoms with E-state index >= 15 is 0 Å². The van der Waals surface area contributed by atoms with Crippen molar-refractivity contribution in [3.63, 3.8) is 0 Å². The van der Waals surface area contributed by atoms with E-state index in [9.17, 15) is 19.8 Å². The van der Waals surface area contributed by atoms with Gasteiger partial charge < -0.3 is 10.2 Å². The molecule has 188 valence electrons. The van der Waals surface area contributed by atoms with Crippen LogP contribution in [0.4, 0.5) is 0 Å². The zero-order valence-electron chi connectivity index (χ0n) is 20.2. The van der Waals surface area contributed by atoms with Gasteiger partial charge in [0.25, 0.3) is 11.8 Å². The predicted molar refractivity (Wildman–Crippen MR) is 148 cm³/mol. The minimum atomic E-state index is -0.369. The zero-order chi connectivity index (χ0) is 26.7. The Labute approximate surface area is 219 Å². The van der Waals surface area contributed by atoms with Gasteiger partial charge in [0.2, 0.25) is 0 Å². The van der Waals surface area contributed by atoms with Crippen LogP contribution in [0, 0.1) is 0 Å². The number of rotatable bonds is 8. The molecule has 4 aromatic carbocycles. The summed E-state index contributed by atoms with van der Waals surface area (Å²) in [6.45, 7) is 0. The van der Waals surface area contributed by atoms with Crippen LogP contribution in [0.3, 0.4) is 0 Å². The lowest BCUT2D eigenvalue weighted by Crippen LogP contribution is -2.17. The van der Waals surface area contributed by atoms with E-state index in [4.69, 9.17) is 0 Å². The highest BCUT2D eigenvalue weighted by Gasteiger charge is 2.05. The van der Waals surface area contributed by atoms with E-state index in [1.165, 1.54) is 24.6 Å².